The van der Waals surface area contributed by atoms with E-state index in [2.05, 4.69) is 0 Å². The van der Waals surface area contributed by atoms with Crippen molar-refractivity contribution in [1.82, 2.24) is 0 Å². The molecule has 0 aliphatic rings. The predicted octanol–water partition coefficient (Wildman–Crippen LogP) is 2.12. The molecule has 5 heteroatoms. The van der Waals surface area contributed by atoms with Gasteiger partial charge in [-0.25, -0.2) is 12.8 Å². The maximum absolute atomic E-state index is 13.5. The van der Waals surface area contributed by atoms with Crippen molar-refractivity contribution in [3.8, 4) is 0 Å². The van der Waals surface area contributed by atoms with E-state index < -0.39 is 9.84 Å². The summed E-state index contributed by atoms with van der Waals surface area (Å²) in [5.74, 6) is -0.474. The fourth-order valence-electron chi connectivity index (χ4n) is 1.85. The first-order valence-electron chi connectivity index (χ1n) is 6.06. The minimum absolute atomic E-state index is 0.0917. The fraction of sp³-hybridized carbons (Fsp3) is 0.538. The van der Waals surface area contributed by atoms with Crippen LogP contribution >= 0.6 is 0 Å². The Balaban J connectivity index is 2.61. The summed E-state index contributed by atoms with van der Waals surface area (Å²) in [5, 5.41) is 9.27. The second-order valence-corrected chi connectivity index (χ2v) is 6.75. The van der Waals surface area contributed by atoms with Crippen LogP contribution in [0.2, 0.25) is 0 Å². The Bertz CT molecular complexity index is 471. The molecule has 0 saturated carbocycles. The zero-order valence-corrected chi connectivity index (χ0v) is 11.3. The molecule has 0 amide bonds. The van der Waals surface area contributed by atoms with Crippen LogP contribution in [0.1, 0.15) is 31.2 Å². The van der Waals surface area contributed by atoms with Gasteiger partial charge in [0, 0.05) is 11.7 Å². The van der Waals surface area contributed by atoms with E-state index in [1.807, 2.05) is 0 Å². The molecule has 102 valence electrons. The van der Waals surface area contributed by atoms with Crippen LogP contribution in [-0.2, 0) is 9.84 Å². The molecule has 3 nitrogen and oxygen atoms in total. The average molecular weight is 274 g/mol. The molecule has 1 aromatic rings. The van der Waals surface area contributed by atoms with Gasteiger partial charge >= 0.3 is 0 Å². The van der Waals surface area contributed by atoms with E-state index in [4.69, 9.17) is 0 Å². The Kier molecular flexibility index (Phi) is 5.75. The lowest BCUT2D eigenvalue weighted by molar-refractivity contribution is 0.256. The van der Waals surface area contributed by atoms with Crippen molar-refractivity contribution in [2.24, 2.45) is 0 Å². The van der Waals surface area contributed by atoms with Gasteiger partial charge < -0.3 is 5.11 Å². The largest absolute Gasteiger partial charge is 0.396 e. The Labute approximate surface area is 108 Å². The van der Waals surface area contributed by atoms with E-state index in [9.17, 15) is 17.9 Å². The Hall–Kier alpha value is -0.940. The number of aliphatic hydroxyl groups is 1. The molecule has 0 radical (unpaired) electrons. The number of hydrogen-bond donors (Lipinski definition) is 1. The van der Waals surface area contributed by atoms with Gasteiger partial charge in [0.05, 0.1) is 12.4 Å². The third kappa shape index (κ3) is 4.38. The van der Waals surface area contributed by atoms with E-state index >= 15 is 0 Å². The molecule has 0 aliphatic carbocycles. The average Bonchev–Trinajstić information content (AvgIpc) is 2.36. The number of halogens is 1. The van der Waals surface area contributed by atoms with Crippen LogP contribution < -0.4 is 0 Å². The topological polar surface area (TPSA) is 54.4 Å². The Morgan fingerprint density at radius 1 is 1.33 bits per heavy atom. The fourth-order valence-corrected chi connectivity index (χ4v) is 2.74. The summed E-state index contributed by atoms with van der Waals surface area (Å²) in [5.41, 5.74) is 0.453. The Morgan fingerprint density at radius 2 is 2.00 bits per heavy atom. The van der Waals surface area contributed by atoms with Gasteiger partial charge in [-0.15, -0.1) is 0 Å². The minimum Gasteiger partial charge on any atom is -0.396 e. The van der Waals surface area contributed by atoms with E-state index in [-0.39, 0.29) is 29.8 Å². The smallest absolute Gasteiger partial charge is 0.150 e. The number of hydrogen-bond acceptors (Lipinski definition) is 3. The summed E-state index contributed by atoms with van der Waals surface area (Å²) < 4.78 is 36.2. The van der Waals surface area contributed by atoms with Crippen LogP contribution in [0.5, 0.6) is 0 Å². The SMILES string of the molecule is CCS(=O)(=O)CCCC(CO)c1ccccc1F. The van der Waals surface area contributed by atoms with Crippen molar-refractivity contribution in [3.63, 3.8) is 0 Å². The van der Waals surface area contributed by atoms with Crippen LogP contribution in [0.15, 0.2) is 24.3 Å². The summed E-state index contributed by atoms with van der Waals surface area (Å²) in [6.07, 6.45) is 0.909. The zero-order valence-electron chi connectivity index (χ0n) is 10.5. The maximum atomic E-state index is 13.5. The summed E-state index contributed by atoms with van der Waals surface area (Å²) in [6, 6.07) is 6.28. The van der Waals surface area contributed by atoms with Crippen molar-refractivity contribution in [2.45, 2.75) is 25.7 Å². The van der Waals surface area contributed by atoms with Gasteiger partial charge in [-0.2, -0.15) is 0 Å². The molecule has 0 heterocycles. The van der Waals surface area contributed by atoms with E-state index in [1.165, 1.54) is 6.07 Å². The third-order valence-corrected chi connectivity index (χ3v) is 4.80. The first kappa shape index (κ1) is 15.1. The summed E-state index contributed by atoms with van der Waals surface area (Å²) in [6.45, 7) is 1.43. The summed E-state index contributed by atoms with van der Waals surface area (Å²) >= 11 is 0. The predicted molar refractivity (Wildman–Crippen MR) is 69.8 cm³/mol. The normalized spacial score (nSPS) is 13.5. The van der Waals surface area contributed by atoms with Gasteiger partial charge in [0.15, 0.2) is 0 Å². The van der Waals surface area contributed by atoms with Gasteiger partial charge in [0.25, 0.3) is 0 Å². The number of rotatable bonds is 7. The van der Waals surface area contributed by atoms with Crippen LogP contribution in [-0.4, -0.2) is 31.6 Å². The van der Waals surface area contributed by atoms with Crippen LogP contribution in [0.3, 0.4) is 0 Å². The van der Waals surface area contributed by atoms with Crippen molar-refractivity contribution in [3.05, 3.63) is 35.6 Å². The van der Waals surface area contributed by atoms with Crippen molar-refractivity contribution >= 4 is 9.84 Å². The van der Waals surface area contributed by atoms with Gasteiger partial charge in [0.1, 0.15) is 15.7 Å². The number of sulfone groups is 1. The highest BCUT2D eigenvalue weighted by molar-refractivity contribution is 7.91. The van der Waals surface area contributed by atoms with E-state index in [0.29, 0.717) is 18.4 Å². The summed E-state index contributed by atoms with van der Waals surface area (Å²) in [7, 11) is -2.99. The van der Waals surface area contributed by atoms with Crippen LogP contribution in [0, 0.1) is 5.82 Å². The molecule has 0 bridgehead atoms. The van der Waals surface area contributed by atoms with Gasteiger partial charge in [-0.1, -0.05) is 25.1 Å². The first-order valence-corrected chi connectivity index (χ1v) is 7.88. The lowest BCUT2D eigenvalue weighted by atomic mass is 9.95. The van der Waals surface area contributed by atoms with Gasteiger partial charge in [-0.3, -0.25) is 0 Å². The van der Waals surface area contributed by atoms with Gasteiger partial charge in [-0.05, 0) is 24.5 Å². The molecular weight excluding hydrogens is 255 g/mol. The molecule has 1 atom stereocenters. The van der Waals surface area contributed by atoms with Gasteiger partial charge in [0.2, 0.25) is 0 Å². The third-order valence-electron chi connectivity index (χ3n) is 3.01. The number of benzene rings is 1. The molecule has 0 spiro atoms. The minimum atomic E-state index is -2.99. The highest BCUT2D eigenvalue weighted by atomic mass is 32.2. The molecule has 18 heavy (non-hydrogen) atoms. The van der Waals surface area contributed by atoms with E-state index in [1.54, 1.807) is 25.1 Å². The molecular formula is C13H19FO3S. The monoisotopic (exact) mass is 274 g/mol. The Morgan fingerprint density at radius 3 is 2.56 bits per heavy atom. The van der Waals surface area contributed by atoms with Crippen molar-refractivity contribution in [1.29, 1.82) is 0 Å². The molecule has 0 fully saturated rings. The molecule has 1 unspecified atom stereocenters. The lowest BCUT2D eigenvalue weighted by Gasteiger charge is -2.15. The molecule has 1 N–H and O–H groups in total. The van der Waals surface area contributed by atoms with Crippen molar-refractivity contribution in [2.75, 3.05) is 18.1 Å². The zero-order chi connectivity index (χ0) is 13.6. The maximum Gasteiger partial charge on any atom is 0.150 e. The molecule has 1 aromatic carbocycles. The van der Waals surface area contributed by atoms with E-state index in [0.717, 1.165) is 0 Å². The highest BCUT2D eigenvalue weighted by Crippen LogP contribution is 2.23. The molecule has 1 rings (SSSR count). The number of aliphatic hydroxyl groups excluding tert-OH is 1. The molecule has 0 aliphatic heterocycles. The van der Waals surface area contributed by atoms with Crippen molar-refractivity contribution < 1.29 is 17.9 Å². The highest BCUT2D eigenvalue weighted by Gasteiger charge is 2.16. The standard InChI is InChI=1S/C13H19FO3S/c1-2-18(16,17)9-5-6-11(10-15)12-7-3-4-8-13(12)14/h3-4,7-8,11,15H,2,5-6,9-10H2,1H3. The molecule has 0 aromatic heterocycles. The molecule has 0 saturated heterocycles. The first-order chi connectivity index (χ1) is 8.50. The van der Waals surface area contributed by atoms with Crippen LogP contribution in [0.4, 0.5) is 4.39 Å². The van der Waals surface area contributed by atoms with Crippen LogP contribution in [0.25, 0.3) is 0 Å². The second-order valence-electron chi connectivity index (χ2n) is 4.28. The summed E-state index contributed by atoms with van der Waals surface area (Å²) in [4.78, 5) is 0. The lowest BCUT2D eigenvalue weighted by Crippen LogP contribution is -2.12. The quantitative estimate of drug-likeness (QED) is 0.828. The second kappa shape index (κ2) is 6.85.